The van der Waals surface area contributed by atoms with Crippen LogP contribution in [-0.2, 0) is 23.8 Å². The molecule has 0 aromatic rings. The molecule has 0 aromatic heterocycles. The van der Waals surface area contributed by atoms with Crippen molar-refractivity contribution in [2.45, 2.75) is 30.9 Å². The summed E-state index contributed by atoms with van der Waals surface area (Å²) < 4.78 is 56.6. The Bertz CT molecular complexity index is 462. The molecule has 0 aliphatic heterocycles. The Balaban J connectivity index is 1.90. The first-order valence-corrected chi connectivity index (χ1v) is 7.52. The number of hydrogen-bond acceptors (Lipinski definition) is 5. The van der Waals surface area contributed by atoms with Crippen molar-refractivity contribution in [2.24, 2.45) is 17.8 Å². The molecule has 8 heteroatoms. The predicted molar refractivity (Wildman–Crippen MR) is 60.8 cm³/mol. The van der Waals surface area contributed by atoms with Gasteiger partial charge in [0.1, 0.15) is 0 Å². The van der Waals surface area contributed by atoms with Crippen molar-refractivity contribution in [3.8, 4) is 0 Å². The monoisotopic (exact) mass is 298 g/mol. The molecule has 0 saturated heterocycles. The van der Waals surface area contributed by atoms with E-state index in [2.05, 4.69) is 8.92 Å². The van der Waals surface area contributed by atoms with E-state index >= 15 is 0 Å². The zero-order chi connectivity index (χ0) is 14.3. The van der Waals surface area contributed by atoms with E-state index in [4.69, 9.17) is 0 Å². The lowest BCUT2D eigenvalue weighted by Crippen LogP contribution is -2.37. The summed E-state index contributed by atoms with van der Waals surface area (Å²) >= 11 is 0. The molecule has 2 fully saturated rings. The molecule has 0 spiro atoms. The number of rotatable bonds is 5. The number of halogens is 2. The molecular weight excluding hydrogens is 282 g/mol. The number of ether oxygens (including phenoxy) is 1. The predicted octanol–water partition coefficient (Wildman–Crippen LogP) is 1.53. The van der Waals surface area contributed by atoms with E-state index in [0.717, 1.165) is 19.3 Å². The van der Waals surface area contributed by atoms with Crippen LogP contribution in [0.4, 0.5) is 8.78 Å². The summed E-state index contributed by atoms with van der Waals surface area (Å²) in [6.07, 6.45) is 3.58. The molecule has 5 nitrogen and oxygen atoms in total. The quantitative estimate of drug-likeness (QED) is 0.569. The maximum atomic E-state index is 13.2. The highest BCUT2D eigenvalue weighted by molar-refractivity contribution is 7.87. The van der Waals surface area contributed by atoms with Gasteiger partial charge in [-0.2, -0.15) is 17.2 Å². The fourth-order valence-corrected chi connectivity index (χ4v) is 3.44. The molecule has 2 rings (SSSR count). The minimum atomic E-state index is -5.04. The van der Waals surface area contributed by atoms with Crippen molar-refractivity contribution in [1.82, 2.24) is 0 Å². The van der Waals surface area contributed by atoms with Gasteiger partial charge in [0.25, 0.3) is 0 Å². The lowest BCUT2D eigenvalue weighted by Gasteiger charge is -2.21. The number of alkyl halides is 2. The fourth-order valence-electron chi connectivity index (χ4n) is 2.99. The smallest absolute Gasteiger partial charge is 0.403 e. The summed E-state index contributed by atoms with van der Waals surface area (Å²) in [5, 5.41) is -4.21. The lowest BCUT2D eigenvalue weighted by atomic mass is 9.89. The van der Waals surface area contributed by atoms with E-state index in [1.807, 2.05) is 0 Å². The van der Waals surface area contributed by atoms with E-state index in [1.54, 1.807) is 0 Å². The van der Waals surface area contributed by atoms with Gasteiger partial charge in [-0.3, -0.25) is 8.98 Å². The Morgan fingerprint density at radius 1 is 1.32 bits per heavy atom. The average molecular weight is 298 g/mol. The first kappa shape index (κ1) is 14.6. The van der Waals surface area contributed by atoms with Crippen molar-refractivity contribution in [1.29, 1.82) is 0 Å². The first-order chi connectivity index (χ1) is 8.77. The molecule has 0 radical (unpaired) electrons. The Labute approximate surface area is 110 Å². The summed E-state index contributed by atoms with van der Waals surface area (Å²) in [6.45, 7) is -1.49. The van der Waals surface area contributed by atoms with Crippen LogP contribution in [0.3, 0.4) is 0 Å². The SMILES string of the molecule is COS(=O)(=O)C(F)(F)COC(=O)C1CC2CCC1C2. The van der Waals surface area contributed by atoms with Gasteiger partial charge in [0.2, 0.25) is 0 Å². The Kier molecular flexibility index (Phi) is 3.83. The van der Waals surface area contributed by atoms with Crippen LogP contribution in [0.5, 0.6) is 0 Å². The van der Waals surface area contributed by atoms with Gasteiger partial charge in [0.15, 0.2) is 6.61 Å². The van der Waals surface area contributed by atoms with Gasteiger partial charge < -0.3 is 4.74 Å². The number of fused-ring (bicyclic) bond motifs is 2. The molecule has 19 heavy (non-hydrogen) atoms. The largest absolute Gasteiger partial charge is 0.458 e. The van der Waals surface area contributed by atoms with Crippen LogP contribution >= 0.6 is 0 Å². The third-order valence-corrected chi connectivity index (χ3v) is 5.30. The standard InChI is InChI=1S/C11H16F2O5S/c1-17-19(15,16)11(12,13)6-18-10(14)9-5-7-2-3-8(9)4-7/h7-9H,2-6H2,1H3. The molecule has 0 N–H and O–H groups in total. The number of carbonyl (C=O) groups excluding carboxylic acids is 1. The van der Waals surface area contributed by atoms with Crippen molar-refractivity contribution >= 4 is 16.1 Å². The topological polar surface area (TPSA) is 69.7 Å². The van der Waals surface area contributed by atoms with E-state index in [-0.39, 0.29) is 11.8 Å². The number of carbonyl (C=O) groups is 1. The van der Waals surface area contributed by atoms with Crippen LogP contribution in [0.15, 0.2) is 0 Å². The summed E-state index contributed by atoms with van der Waals surface area (Å²) in [4.78, 5) is 11.7. The maximum absolute atomic E-state index is 13.2. The van der Waals surface area contributed by atoms with E-state index in [9.17, 15) is 22.0 Å². The van der Waals surface area contributed by atoms with Crippen LogP contribution < -0.4 is 0 Å². The van der Waals surface area contributed by atoms with Crippen LogP contribution in [0.1, 0.15) is 25.7 Å². The first-order valence-electron chi connectivity index (χ1n) is 6.11. The second-order valence-corrected chi connectivity index (χ2v) is 6.99. The highest BCUT2D eigenvalue weighted by atomic mass is 32.2. The van der Waals surface area contributed by atoms with E-state index in [1.165, 1.54) is 0 Å². The molecule has 2 bridgehead atoms. The zero-order valence-corrected chi connectivity index (χ0v) is 11.3. The normalized spacial score (nSPS) is 30.6. The van der Waals surface area contributed by atoms with Gasteiger partial charge in [-0.25, -0.2) is 0 Å². The number of hydrogen-bond donors (Lipinski definition) is 0. The molecular formula is C11H16F2O5S. The van der Waals surface area contributed by atoms with Crippen LogP contribution in [-0.4, -0.2) is 33.4 Å². The lowest BCUT2D eigenvalue weighted by molar-refractivity contribution is -0.156. The molecule has 2 aliphatic rings. The van der Waals surface area contributed by atoms with Gasteiger partial charge in [-0.05, 0) is 31.1 Å². The van der Waals surface area contributed by atoms with Crippen molar-refractivity contribution in [3.05, 3.63) is 0 Å². The summed E-state index contributed by atoms with van der Waals surface area (Å²) in [5.74, 6) is -0.408. The third-order valence-electron chi connectivity index (χ3n) is 4.01. The minimum Gasteiger partial charge on any atom is -0.458 e. The van der Waals surface area contributed by atoms with Crippen molar-refractivity contribution in [3.63, 3.8) is 0 Å². The van der Waals surface area contributed by atoms with Crippen molar-refractivity contribution in [2.75, 3.05) is 13.7 Å². The minimum absolute atomic E-state index is 0.199. The second-order valence-electron chi connectivity index (χ2n) is 5.15. The molecule has 110 valence electrons. The maximum Gasteiger partial charge on any atom is 0.403 e. The second kappa shape index (κ2) is 4.97. The summed E-state index contributed by atoms with van der Waals surface area (Å²) in [7, 11) is -4.40. The fraction of sp³-hybridized carbons (Fsp3) is 0.909. The van der Waals surface area contributed by atoms with E-state index in [0.29, 0.717) is 19.4 Å². The van der Waals surface area contributed by atoms with Gasteiger partial charge in [-0.1, -0.05) is 6.42 Å². The molecule has 0 amide bonds. The molecule has 2 aliphatic carbocycles. The molecule has 0 heterocycles. The Morgan fingerprint density at radius 2 is 2.00 bits per heavy atom. The van der Waals surface area contributed by atoms with Gasteiger partial charge in [-0.15, -0.1) is 0 Å². The van der Waals surface area contributed by atoms with E-state index < -0.39 is 27.9 Å². The Morgan fingerprint density at radius 3 is 2.47 bits per heavy atom. The van der Waals surface area contributed by atoms with Gasteiger partial charge >= 0.3 is 21.3 Å². The average Bonchev–Trinajstić information content (AvgIpc) is 2.97. The molecule has 3 unspecified atom stereocenters. The highest BCUT2D eigenvalue weighted by Gasteiger charge is 2.49. The van der Waals surface area contributed by atoms with Gasteiger partial charge in [0, 0.05) is 0 Å². The molecule has 3 atom stereocenters. The third kappa shape index (κ3) is 2.74. The zero-order valence-electron chi connectivity index (χ0n) is 10.5. The molecule has 2 saturated carbocycles. The van der Waals surface area contributed by atoms with Crippen LogP contribution in [0.2, 0.25) is 0 Å². The Hall–Kier alpha value is -0.760. The van der Waals surface area contributed by atoms with Crippen LogP contribution in [0, 0.1) is 17.8 Å². The highest BCUT2D eigenvalue weighted by Crippen LogP contribution is 2.48. The van der Waals surface area contributed by atoms with Crippen molar-refractivity contribution < 1.29 is 30.9 Å². The summed E-state index contributed by atoms with van der Waals surface area (Å²) in [5.41, 5.74) is 0. The van der Waals surface area contributed by atoms with Gasteiger partial charge in [0.05, 0.1) is 13.0 Å². The van der Waals surface area contributed by atoms with Crippen LogP contribution in [0.25, 0.3) is 0 Å². The molecule has 0 aromatic carbocycles. The number of esters is 1. The summed E-state index contributed by atoms with van der Waals surface area (Å²) in [6, 6.07) is 0.